The molecule has 1 aromatic rings. The lowest BCUT2D eigenvalue weighted by Gasteiger charge is -2.20. The van der Waals surface area contributed by atoms with E-state index in [1.807, 2.05) is 30.3 Å². The van der Waals surface area contributed by atoms with Gasteiger partial charge in [0.2, 0.25) is 5.91 Å². The van der Waals surface area contributed by atoms with E-state index >= 15 is 0 Å². The van der Waals surface area contributed by atoms with Gasteiger partial charge in [0.1, 0.15) is 17.4 Å². The first-order valence-electron chi connectivity index (χ1n) is 7.94. The van der Waals surface area contributed by atoms with Crippen LogP contribution < -0.4 is 5.32 Å². The first-order valence-corrected chi connectivity index (χ1v) is 7.94. The highest BCUT2D eigenvalue weighted by atomic mass is 16.5. The summed E-state index contributed by atoms with van der Waals surface area (Å²) in [5, 5.41) is 12.7. The van der Waals surface area contributed by atoms with Crippen LogP contribution in [0.1, 0.15) is 38.2 Å². The Hall–Kier alpha value is -2.63. The second-order valence-electron chi connectivity index (χ2n) is 5.78. The quantitative estimate of drug-likeness (QED) is 0.361. The van der Waals surface area contributed by atoms with Gasteiger partial charge in [-0.25, -0.2) is 4.79 Å². The molecule has 24 heavy (non-hydrogen) atoms. The number of rotatable bonds is 6. The molecule has 6 nitrogen and oxygen atoms in total. The van der Waals surface area contributed by atoms with Gasteiger partial charge in [-0.2, -0.15) is 0 Å². The van der Waals surface area contributed by atoms with Crippen LogP contribution in [0.4, 0.5) is 0 Å². The summed E-state index contributed by atoms with van der Waals surface area (Å²) in [7, 11) is 0. The van der Waals surface area contributed by atoms with E-state index in [4.69, 9.17) is 4.74 Å². The summed E-state index contributed by atoms with van der Waals surface area (Å²) in [4.78, 5) is 35.3. The maximum atomic E-state index is 11.8. The van der Waals surface area contributed by atoms with Crippen molar-refractivity contribution in [1.29, 1.82) is 0 Å². The second kappa shape index (κ2) is 8.29. The van der Waals surface area contributed by atoms with Crippen LogP contribution in [0.5, 0.6) is 0 Å². The van der Waals surface area contributed by atoms with Gasteiger partial charge in [-0.15, -0.1) is 0 Å². The molecule has 1 aliphatic rings. The molecule has 1 aromatic carbocycles. The number of esters is 1. The van der Waals surface area contributed by atoms with Crippen molar-refractivity contribution in [2.75, 3.05) is 0 Å². The van der Waals surface area contributed by atoms with Crippen molar-refractivity contribution in [3.8, 4) is 0 Å². The molecule has 0 radical (unpaired) electrons. The van der Waals surface area contributed by atoms with Gasteiger partial charge in [-0.05, 0) is 18.9 Å². The molecule has 2 rings (SSSR count). The lowest BCUT2D eigenvalue weighted by molar-refractivity contribution is -0.150. The lowest BCUT2D eigenvalue weighted by atomic mass is 9.99. The fourth-order valence-electron chi connectivity index (χ4n) is 2.47. The van der Waals surface area contributed by atoms with Gasteiger partial charge < -0.3 is 15.2 Å². The van der Waals surface area contributed by atoms with Gasteiger partial charge in [-0.1, -0.05) is 30.3 Å². The largest absolute Gasteiger partial charge is 0.511 e. The number of amides is 1. The zero-order chi connectivity index (χ0) is 17.5. The van der Waals surface area contributed by atoms with E-state index in [1.165, 1.54) is 0 Å². The number of benzene rings is 1. The number of Topliss-reactive ketones (excluding diaryl/α,β-unsaturated/α-hetero) is 1. The van der Waals surface area contributed by atoms with Crippen molar-refractivity contribution in [1.82, 2.24) is 5.32 Å². The van der Waals surface area contributed by atoms with Gasteiger partial charge in [0.05, 0.1) is 0 Å². The van der Waals surface area contributed by atoms with Crippen molar-refractivity contribution in [2.45, 2.75) is 45.3 Å². The average Bonchev–Trinajstić information content (AvgIpc) is 2.53. The summed E-state index contributed by atoms with van der Waals surface area (Å²) in [6.45, 7) is 2.07. The van der Waals surface area contributed by atoms with E-state index in [9.17, 15) is 19.5 Å². The van der Waals surface area contributed by atoms with Gasteiger partial charge >= 0.3 is 5.97 Å². The third-order valence-corrected chi connectivity index (χ3v) is 3.70. The highest BCUT2D eigenvalue weighted by Gasteiger charge is 2.32. The van der Waals surface area contributed by atoms with Crippen LogP contribution in [0.15, 0.2) is 41.7 Å². The molecule has 1 heterocycles. The minimum Gasteiger partial charge on any atom is -0.511 e. The molecule has 1 fully saturated rings. The van der Waals surface area contributed by atoms with Gasteiger partial charge in [0.25, 0.3) is 0 Å². The highest BCUT2D eigenvalue weighted by molar-refractivity contribution is 6.19. The summed E-state index contributed by atoms with van der Waals surface area (Å²) in [5.41, 5.74) is 0.721. The van der Waals surface area contributed by atoms with Crippen molar-refractivity contribution >= 4 is 17.7 Å². The molecule has 1 saturated heterocycles. The standard InChI is InChI=1S/C18H21NO5/c1-12-10-15(21)17(18(23)24-12)14(20)8-5-9-16(22)19-11-13-6-3-2-4-7-13/h2-4,6-7,12,20H,5,8-11H2,1H3,(H,19,22)/b17-14+/t12-/m1/s1. The van der Waals surface area contributed by atoms with Crippen molar-refractivity contribution in [2.24, 2.45) is 0 Å². The van der Waals surface area contributed by atoms with E-state index in [0.717, 1.165) is 5.56 Å². The molecule has 0 bridgehead atoms. The summed E-state index contributed by atoms with van der Waals surface area (Å²) in [6.07, 6.45) is 0.229. The SMILES string of the molecule is C[C@@H]1CC(=O)/C(=C(\O)CCCC(=O)NCc2ccccc2)C(=O)O1. The Kier molecular flexibility index (Phi) is 6.12. The van der Waals surface area contributed by atoms with Crippen LogP contribution in [0.25, 0.3) is 0 Å². The smallest absolute Gasteiger partial charge is 0.345 e. The Morgan fingerprint density at radius 2 is 1.96 bits per heavy atom. The molecule has 0 saturated carbocycles. The topological polar surface area (TPSA) is 92.7 Å². The number of carbonyl (C=O) groups excluding carboxylic acids is 3. The predicted molar refractivity (Wildman–Crippen MR) is 87.0 cm³/mol. The van der Waals surface area contributed by atoms with E-state index in [-0.39, 0.29) is 36.5 Å². The number of cyclic esters (lactones) is 1. The van der Waals surface area contributed by atoms with Gasteiger partial charge in [0.15, 0.2) is 5.78 Å². The monoisotopic (exact) mass is 331 g/mol. The fraction of sp³-hybridized carbons (Fsp3) is 0.389. The second-order valence-corrected chi connectivity index (χ2v) is 5.78. The first kappa shape index (κ1) is 17.7. The van der Waals surface area contributed by atoms with E-state index in [0.29, 0.717) is 13.0 Å². The van der Waals surface area contributed by atoms with E-state index in [1.54, 1.807) is 6.92 Å². The minimum atomic E-state index is -0.787. The molecule has 1 atom stereocenters. The van der Waals surface area contributed by atoms with E-state index in [2.05, 4.69) is 5.32 Å². The van der Waals surface area contributed by atoms with E-state index < -0.39 is 17.9 Å². The summed E-state index contributed by atoms with van der Waals surface area (Å²) < 4.78 is 4.95. The molecule has 1 amide bonds. The Bertz CT molecular complexity index is 631. The Labute approximate surface area is 140 Å². The molecule has 6 heteroatoms. The summed E-state index contributed by atoms with van der Waals surface area (Å²) >= 11 is 0. The number of nitrogens with one attached hydrogen (secondary N) is 1. The van der Waals surface area contributed by atoms with Crippen molar-refractivity contribution in [3.05, 3.63) is 47.2 Å². The molecule has 128 valence electrons. The number of ketones is 1. The molecular formula is C18H21NO5. The van der Waals surface area contributed by atoms with Gasteiger partial charge in [0, 0.05) is 25.8 Å². The summed E-state index contributed by atoms with van der Waals surface area (Å²) in [6, 6.07) is 9.52. The van der Waals surface area contributed by atoms with Crippen LogP contribution in [-0.4, -0.2) is 28.9 Å². The first-order chi connectivity index (χ1) is 11.5. The molecular weight excluding hydrogens is 310 g/mol. The Balaban J connectivity index is 1.78. The maximum absolute atomic E-state index is 11.8. The number of ether oxygens (including phenoxy) is 1. The molecule has 2 N–H and O–H groups in total. The zero-order valence-corrected chi connectivity index (χ0v) is 13.6. The van der Waals surface area contributed by atoms with Gasteiger partial charge in [-0.3, -0.25) is 9.59 Å². The lowest BCUT2D eigenvalue weighted by Crippen LogP contribution is -2.31. The Morgan fingerprint density at radius 1 is 1.25 bits per heavy atom. The van der Waals surface area contributed by atoms with Crippen LogP contribution in [-0.2, 0) is 25.7 Å². The average molecular weight is 331 g/mol. The molecule has 0 aromatic heterocycles. The normalized spacial score (nSPS) is 19.6. The highest BCUT2D eigenvalue weighted by Crippen LogP contribution is 2.21. The Morgan fingerprint density at radius 3 is 2.62 bits per heavy atom. The molecule has 1 aliphatic heterocycles. The zero-order valence-electron chi connectivity index (χ0n) is 13.6. The minimum absolute atomic E-state index is 0.0721. The predicted octanol–water partition coefficient (Wildman–Crippen LogP) is 2.19. The summed E-state index contributed by atoms with van der Waals surface area (Å²) in [5.74, 6) is -1.65. The van der Waals surface area contributed by atoms with Crippen molar-refractivity contribution < 1.29 is 24.2 Å². The third-order valence-electron chi connectivity index (χ3n) is 3.70. The molecule has 0 unspecified atom stereocenters. The van der Waals surface area contributed by atoms with Crippen LogP contribution >= 0.6 is 0 Å². The van der Waals surface area contributed by atoms with Crippen LogP contribution in [0.3, 0.4) is 0 Å². The maximum Gasteiger partial charge on any atom is 0.345 e. The molecule has 0 spiro atoms. The number of hydrogen-bond donors (Lipinski definition) is 2. The van der Waals surface area contributed by atoms with Crippen molar-refractivity contribution in [3.63, 3.8) is 0 Å². The fourth-order valence-corrected chi connectivity index (χ4v) is 2.47. The van der Waals surface area contributed by atoms with Crippen LogP contribution in [0.2, 0.25) is 0 Å². The number of hydrogen-bond acceptors (Lipinski definition) is 5. The number of allylic oxidation sites excluding steroid dienone is 1. The third kappa shape index (κ3) is 4.94. The number of carbonyl (C=O) groups is 3. The molecule has 0 aliphatic carbocycles. The number of aliphatic hydroxyl groups excluding tert-OH is 1. The number of aliphatic hydroxyl groups is 1. The van der Waals surface area contributed by atoms with Crippen LogP contribution in [0, 0.1) is 0 Å².